The third-order valence-corrected chi connectivity index (χ3v) is 7.89. The summed E-state index contributed by atoms with van der Waals surface area (Å²) in [6, 6.07) is 11.2. The molecule has 2 aromatic carbocycles. The molecule has 2 atom stereocenters. The molecular weight excluding hydrogens is 420 g/mol. The van der Waals surface area contributed by atoms with Gasteiger partial charge >= 0.3 is 0 Å². The standard InChI is InChI=1S/C19H19ClN2O4S2/c1-11(9-18(23)21-14-5-3-13(20)4-6-14)28(25,26)15-7-8-16-17(10-15)27-12(2)19(24)22-16/h3-8,10-12H,9H2,1-2H3,(H,21,23)(H,22,24). The van der Waals surface area contributed by atoms with Crippen molar-refractivity contribution in [2.24, 2.45) is 0 Å². The van der Waals surface area contributed by atoms with Gasteiger partial charge in [0.1, 0.15) is 0 Å². The molecule has 9 heteroatoms. The molecule has 0 saturated carbocycles. The summed E-state index contributed by atoms with van der Waals surface area (Å²) >= 11 is 7.12. The second-order valence-electron chi connectivity index (χ2n) is 6.52. The molecule has 1 aliphatic heterocycles. The Hall–Kier alpha value is -2.03. The van der Waals surface area contributed by atoms with Crippen molar-refractivity contribution < 1.29 is 18.0 Å². The highest BCUT2D eigenvalue weighted by molar-refractivity contribution is 8.01. The second-order valence-corrected chi connectivity index (χ2v) is 10.7. The highest BCUT2D eigenvalue weighted by Gasteiger charge is 2.29. The van der Waals surface area contributed by atoms with E-state index in [-0.39, 0.29) is 22.5 Å². The topological polar surface area (TPSA) is 92.3 Å². The molecule has 1 heterocycles. The highest BCUT2D eigenvalue weighted by atomic mass is 35.5. The quantitative estimate of drug-likeness (QED) is 0.737. The second kappa shape index (κ2) is 8.14. The van der Waals surface area contributed by atoms with Crippen LogP contribution >= 0.6 is 23.4 Å². The Labute approximate surface area is 173 Å². The molecule has 0 aromatic heterocycles. The van der Waals surface area contributed by atoms with Crippen molar-refractivity contribution in [2.45, 2.75) is 40.6 Å². The molecule has 0 spiro atoms. The predicted octanol–water partition coefficient (Wildman–Crippen LogP) is 3.96. The van der Waals surface area contributed by atoms with Gasteiger partial charge in [-0.05, 0) is 56.3 Å². The minimum Gasteiger partial charge on any atom is -0.326 e. The maximum atomic E-state index is 12.9. The van der Waals surface area contributed by atoms with E-state index in [9.17, 15) is 18.0 Å². The number of hydrogen-bond acceptors (Lipinski definition) is 5. The molecule has 0 saturated heterocycles. The summed E-state index contributed by atoms with van der Waals surface area (Å²) in [7, 11) is -3.71. The minimum atomic E-state index is -3.71. The van der Waals surface area contributed by atoms with Crippen LogP contribution in [0.25, 0.3) is 0 Å². The Morgan fingerprint density at radius 2 is 1.93 bits per heavy atom. The first-order valence-electron chi connectivity index (χ1n) is 8.57. The molecule has 0 radical (unpaired) electrons. The van der Waals surface area contributed by atoms with Crippen molar-refractivity contribution in [3.63, 3.8) is 0 Å². The van der Waals surface area contributed by atoms with Gasteiger partial charge < -0.3 is 10.6 Å². The first kappa shape index (κ1) is 20.7. The fourth-order valence-electron chi connectivity index (χ4n) is 2.71. The zero-order valence-electron chi connectivity index (χ0n) is 15.2. The predicted molar refractivity (Wildman–Crippen MR) is 112 cm³/mol. The molecule has 2 unspecified atom stereocenters. The number of hydrogen-bond donors (Lipinski definition) is 2. The van der Waals surface area contributed by atoms with Crippen LogP contribution in [0.2, 0.25) is 5.02 Å². The molecule has 1 aliphatic rings. The fourth-order valence-corrected chi connectivity index (χ4v) is 5.27. The van der Waals surface area contributed by atoms with Crippen molar-refractivity contribution in [1.82, 2.24) is 0 Å². The van der Waals surface area contributed by atoms with Gasteiger partial charge in [-0.25, -0.2) is 8.42 Å². The number of nitrogens with one attached hydrogen (secondary N) is 2. The molecule has 2 N–H and O–H groups in total. The maximum Gasteiger partial charge on any atom is 0.237 e. The van der Waals surface area contributed by atoms with Gasteiger partial charge in [-0.1, -0.05) is 11.6 Å². The molecule has 6 nitrogen and oxygen atoms in total. The first-order valence-corrected chi connectivity index (χ1v) is 11.4. The van der Waals surface area contributed by atoms with Gasteiger partial charge in [-0.3, -0.25) is 9.59 Å². The van der Waals surface area contributed by atoms with Crippen LogP contribution in [0.15, 0.2) is 52.3 Å². The molecular formula is C19H19ClN2O4S2. The van der Waals surface area contributed by atoms with Crippen LogP contribution in [0.1, 0.15) is 20.3 Å². The normalized spacial score (nSPS) is 17.4. The van der Waals surface area contributed by atoms with E-state index in [1.165, 1.54) is 24.8 Å². The Kier molecular flexibility index (Phi) is 6.02. The Morgan fingerprint density at radius 1 is 1.25 bits per heavy atom. The molecule has 0 bridgehead atoms. The fraction of sp³-hybridized carbons (Fsp3) is 0.263. The lowest BCUT2D eigenvalue weighted by Gasteiger charge is -2.22. The van der Waals surface area contributed by atoms with Crippen LogP contribution < -0.4 is 10.6 Å². The van der Waals surface area contributed by atoms with Crippen LogP contribution in [-0.4, -0.2) is 30.7 Å². The van der Waals surface area contributed by atoms with Gasteiger partial charge in [-0.15, -0.1) is 11.8 Å². The molecule has 0 aliphatic carbocycles. The average molecular weight is 439 g/mol. The molecule has 3 rings (SSSR count). The Bertz CT molecular complexity index is 1020. The van der Waals surface area contributed by atoms with Gasteiger partial charge in [0.05, 0.1) is 21.1 Å². The number of carbonyl (C=O) groups excluding carboxylic acids is 2. The number of benzene rings is 2. The van der Waals surface area contributed by atoms with E-state index >= 15 is 0 Å². The van der Waals surface area contributed by atoms with Gasteiger partial charge in [0, 0.05) is 22.0 Å². The smallest absolute Gasteiger partial charge is 0.237 e. The van der Waals surface area contributed by atoms with E-state index in [1.54, 1.807) is 43.3 Å². The lowest BCUT2D eigenvalue weighted by molar-refractivity contribution is -0.116. The third kappa shape index (κ3) is 4.51. The van der Waals surface area contributed by atoms with Gasteiger partial charge in [0.25, 0.3) is 0 Å². The van der Waals surface area contributed by atoms with Crippen molar-refractivity contribution >= 4 is 56.4 Å². The summed E-state index contributed by atoms with van der Waals surface area (Å²) in [5.41, 5.74) is 1.15. The summed E-state index contributed by atoms with van der Waals surface area (Å²) in [6.45, 7) is 3.27. The summed E-state index contributed by atoms with van der Waals surface area (Å²) in [5, 5.41) is 4.77. The van der Waals surface area contributed by atoms with Crippen LogP contribution in [0.5, 0.6) is 0 Å². The molecule has 2 aromatic rings. The van der Waals surface area contributed by atoms with Crippen LogP contribution in [-0.2, 0) is 19.4 Å². The maximum absolute atomic E-state index is 12.9. The number of halogens is 1. The first-order chi connectivity index (χ1) is 13.2. The van der Waals surface area contributed by atoms with Gasteiger partial charge in [0.2, 0.25) is 11.8 Å². The molecule has 2 amide bonds. The van der Waals surface area contributed by atoms with Crippen molar-refractivity contribution in [2.75, 3.05) is 10.6 Å². The van der Waals surface area contributed by atoms with E-state index in [2.05, 4.69) is 10.6 Å². The summed E-state index contributed by atoms with van der Waals surface area (Å²) < 4.78 is 25.8. The summed E-state index contributed by atoms with van der Waals surface area (Å²) in [6.07, 6.45) is -0.178. The van der Waals surface area contributed by atoms with Crippen molar-refractivity contribution in [3.8, 4) is 0 Å². The lowest BCUT2D eigenvalue weighted by Crippen LogP contribution is -2.27. The number of amides is 2. The highest BCUT2D eigenvalue weighted by Crippen LogP contribution is 2.37. The van der Waals surface area contributed by atoms with Gasteiger partial charge in [0.15, 0.2) is 9.84 Å². The molecule has 148 valence electrons. The summed E-state index contributed by atoms with van der Waals surface area (Å²) in [5.74, 6) is -0.507. The SMILES string of the molecule is CC1Sc2cc(S(=O)(=O)C(C)CC(=O)Nc3ccc(Cl)cc3)ccc2NC1=O. The van der Waals surface area contributed by atoms with E-state index in [1.807, 2.05) is 0 Å². The number of sulfone groups is 1. The van der Waals surface area contributed by atoms with E-state index in [0.717, 1.165) is 0 Å². The van der Waals surface area contributed by atoms with Crippen LogP contribution in [0.4, 0.5) is 11.4 Å². The van der Waals surface area contributed by atoms with Crippen molar-refractivity contribution in [3.05, 3.63) is 47.5 Å². The van der Waals surface area contributed by atoms with Crippen LogP contribution in [0, 0.1) is 0 Å². The zero-order valence-corrected chi connectivity index (χ0v) is 17.6. The minimum absolute atomic E-state index is 0.111. The van der Waals surface area contributed by atoms with E-state index < -0.39 is 21.0 Å². The largest absolute Gasteiger partial charge is 0.326 e. The monoisotopic (exact) mass is 438 g/mol. The lowest BCUT2D eigenvalue weighted by atomic mass is 10.3. The number of thioether (sulfide) groups is 1. The van der Waals surface area contributed by atoms with Crippen LogP contribution in [0.3, 0.4) is 0 Å². The molecule has 0 fully saturated rings. The third-order valence-electron chi connectivity index (χ3n) is 4.34. The number of rotatable bonds is 5. The number of fused-ring (bicyclic) bond motifs is 1. The number of anilines is 2. The van der Waals surface area contributed by atoms with Gasteiger partial charge in [-0.2, -0.15) is 0 Å². The van der Waals surface area contributed by atoms with E-state index in [4.69, 9.17) is 11.6 Å². The zero-order chi connectivity index (χ0) is 20.5. The van der Waals surface area contributed by atoms with Crippen molar-refractivity contribution in [1.29, 1.82) is 0 Å². The number of carbonyl (C=O) groups is 2. The average Bonchev–Trinajstić information content (AvgIpc) is 2.64. The Balaban J connectivity index is 1.73. The van der Waals surface area contributed by atoms with E-state index in [0.29, 0.717) is 21.3 Å². The summed E-state index contributed by atoms with van der Waals surface area (Å²) in [4.78, 5) is 24.8. The Morgan fingerprint density at radius 3 is 2.61 bits per heavy atom. The molecule has 28 heavy (non-hydrogen) atoms.